The Kier molecular flexibility index (Phi) is 4.73. The number of nitrogens with zero attached hydrogens (tertiary/aromatic N) is 2. The minimum absolute atomic E-state index is 0.149. The van der Waals surface area contributed by atoms with Gasteiger partial charge in [0.2, 0.25) is 0 Å². The monoisotopic (exact) mass is 520 g/mol. The molecule has 0 saturated carbocycles. The summed E-state index contributed by atoms with van der Waals surface area (Å²) >= 11 is 0. The van der Waals surface area contributed by atoms with E-state index in [0.29, 0.717) is 0 Å². The van der Waals surface area contributed by atoms with E-state index in [1.807, 2.05) is 0 Å². The molecule has 7 aromatic rings. The first-order valence-corrected chi connectivity index (χ1v) is 14.3. The van der Waals surface area contributed by atoms with Crippen molar-refractivity contribution in [2.24, 2.45) is 0 Å². The molecule has 0 amide bonds. The molecule has 190 valence electrons. The molecule has 0 atom stereocenters. The largest absolute Gasteiger partial charge is 0.311 e. The molecule has 3 heterocycles. The Morgan fingerprint density at radius 1 is 0.439 bits per heavy atom. The standard InChI is InChI=1S/C38H25BN2/c1-4-14-26(15-5-1)35-29-24-25-34-36-38(29)41(37(35)27-16-6-2-7-17-27)33-23-13-11-21-31(33)39(36)30-20-10-12-22-32(30)40(34)28-18-8-3-9-19-28/h1-25H. The normalized spacial score (nSPS) is 12.8. The van der Waals surface area contributed by atoms with Gasteiger partial charge in [-0.05, 0) is 57.8 Å². The van der Waals surface area contributed by atoms with Gasteiger partial charge in [-0.25, -0.2) is 0 Å². The van der Waals surface area contributed by atoms with Crippen LogP contribution in [0, 0.1) is 0 Å². The maximum Gasteiger partial charge on any atom is 0.252 e. The summed E-state index contributed by atoms with van der Waals surface area (Å²) in [5.74, 6) is 0. The molecule has 1 aromatic heterocycles. The van der Waals surface area contributed by atoms with Crippen molar-refractivity contribution >= 4 is 51.1 Å². The fourth-order valence-electron chi connectivity index (χ4n) is 7.21. The van der Waals surface area contributed by atoms with E-state index in [4.69, 9.17) is 0 Å². The summed E-state index contributed by atoms with van der Waals surface area (Å²) in [5.41, 5.74) is 15.3. The topological polar surface area (TPSA) is 8.17 Å². The van der Waals surface area contributed by atoms with Crippen molar-refractivity contribution in [2.75, 3.05) is 4.90 Å². The van der Waals surface area contributed by atoms with Gasteiger partial charge in [0.25, 0.3) is 6.71 Å². The Morgan fingerprint density at radius 3 is 1.71 bits per heavy atom. The molecule has 0 unspecified atom stereocenters. The van der Waals surface area contributed by atoms with Crippen molar-refractivity contribution < 1.29 is 0 Å². The number of rotatable bonds is 3. The maximum absolute atomic E-state index is 2.55. The van der Waals surface area contributed by atoms with E-state index in [0.717, 1.165) is 0 Å². The molecule has 3 heteroatoms. The summed E-state index contributed by atoms with van der Waals surface area (Å²) in [6.45, 7) is 0.149. The van der Waals surface area contributed by atoms with E-state index in [1.165, 1.54) is 72.4 Å². The molecule has 9 rings (SSSR count). The number of benzene rings is 6. The van der Waals surface area contributed by atoms with Gasteiger partial charge in [-0.1, -0.05) is 121 Å². The van der Waals surface area contributed by atoms with Gasteiger partial charge < -0.3 is 9.47 Å². The van der Waals surface area contributed by atoms with Crippen molar-refractivity contribution in [2.45, 2.75) is 0 Å². The number of aromatic nitrogens is 1. The molecule has 6 aromatic carbocycles. The number of hydrogen-bond donors (Lipinski definition) is 0. The summed E-state index contributed by atoms with van der Waals surface area (Å²) < 4.78 is 2.55. The maximum atomic E-state index is 2.55. The first-order valence-electron chi connectivity index (χ1n) is 14.3. The SMILES string of the molecule is c1ccc(-c2c(-c3ccccc3)n3c4c5c(ccc24)N(c2ccccc2)c2ccccc2B5c2ccccc2-3)cc1. The van der Waals surface area contributed by atoms with Gasteiger partial charge in [0.15, 0.2) is 0 Å². The molecule has 0 radical (unpaired) electrons. The van der Waals surface area contributed by atoms with Crippen molar-refractivity contribution in [3.8, 4) is 28.1 Å². The lowest BCUT2D eigenvalue weighted by Gasteiger charge is -2.40. The number of fused-ring (bicyclic) bond motifs is 5. The van der Waals surface area contributed by atoms with Crippen LogP contribution in [0.5, 0.6) is 0 Å². The van der Waals surface area contributed by atoms with Crippen molar-refractivity contribution in [3.05, 3.63) is 152 Å². The molecule has 0 spiro atoms. The van der Waals surface area contributed by atoms with E-state index >= 15 is 0 Å². The molecule has 2 aliphatic heterocycles. The number of para-hydroxylation sites is 3. The van der Waals surface area contributed by atoms with E-state index in [1.54, 1.807) is 0 Å². The lowest BCUT2D eigenvalue weighted by atomic mass is 9.34. The van der Waals surface area contributed by atoms with Gasteiger partial charge in [0, 0.05) is 33.7 Å². The van der Waals surface area contributed by atoms with E-state index in [9.17, 15) is 0 Å². The lowest BCUT2D eigenvalue weighted by Crippen LogP contribution is -2.60. The molecule has 0 bridgehead atoms. The van der Waals surface area contributed by atoms with Crippen LogP contribution in [0.4, 0.5) is 17.1 Å². The Hall–Kier alpha value is -5.28. The van der Waals surface area contributed by atoms with Gasteiger partial charge in [-0.15, -0.1) is 0 Å². The van der Waals surface area contributed by atoms with Gasteiger partial charge in [0.1, 0.15) is 0 Å². The first kappa shape index (κ1) is 22.5. The summed E-state index contributed by atoms with van der Waals surface area (Å²) in [6, 6.07) is 55.2. The van der Waals surface area contributed by atoms with Crippen LogP contribution in [0.1, 0.15) is 0 Å². The second-order valence-corrected chi connectivity index (χ2v) is 10.9. The summed E-state index contributed by atoms with van der Waals surface area (Å²) in [5, 5.41) is 1.29. The van der Waals surface area contributed by atoms with Gasteiger partial charge in [-0.3, -0.25) is 0 Å². The second kappa shape index (κ2) is 8.61. The fourth-order valence-corrected chi connectivity index (χ4v) is 7.21. The summed E-state index contributed by atoms with van der Waals surface area (Å²) in [6.07, 6.45) is 0. The zero-order chi connectivity index (χ0) is 26.9. The minimum atomic E-state index is 0.149. The molecular weight excluding hydrogens is 495 g/mol. The van der Waals surface area contributed by atoms with E-state index < -0.39 is 0 Å². The number of hydrogen-bond acceptors (Lipinski definition) is 1. The average Bonchev–Trinajstić information content (AvgIpc) is 3.41. The predicted octanol–water partition coefficient (Wildman–Crippen LogP) is 7.58. The Bertz CT molecular complexity index is 2100. The molecule has 2 aliphatic rings. The fraction of sp³-hybridized carbons (Fsp3) is 0. The zero-order valence-corrected chi connectivity index (χ0v) is 22.4. The van der Waals surface area contributed by atoms with Crippen LogP contribution >= 0.6 is 0 Å². The molecule has 0 aliphatic carbocycles. The lowest BCUT2D eigenvalue weighted by molar-refractivity contribution is 1.14. The van der Waals surface area contributed by atoms with Crippen LogP contribution in [-0.2, 0) is 0 Å². The smallest absolute Gasteiger partial charge is 0.252 e. The molecule has 0 saturated heterocycles. The van der Waals surface area contributed by atoms with Crippen molar-refractivity contribution in [1.29, 1.82) is 0 Å². The molecule has 2 nitrogen and oxygen atoms in total. The van der Waals surface area contributed by atoms with Crippen LogP contribution in [0.2, 0.25) is 0 Å². The summed E-state index contributed by atoms with van der Waals surface area (Å²) in [4.78, 5) is 2.45. The third kappa shape index (κ3) is 3.09. The Labute approximate surface area is 239 Å². The van der Waals surface area contributed by atoms with E-state index in [-0.39, 0.29) is 6.71 Å². The van der Waals surface area contributed by atoms with Crippen LogP contribution in [0.15, 0.2) is 152 Å². The van der Waals surface area contributed by atoms with Gasteiger partial charge >= 0.3 is 0 Å². The highest BCUT2D eigenvalue weighted by molar-refractivity contribution is 7.00. The van der Waals surface area contributed by atoms with Crippen LogP contribution < -0.4 is 21.3 Å². The van der Waals surface area contributed by atoms with Crippen LogP contribution in [0.3, 0.4) is 0 Å². The van der Waals surface area contributed by atoms with Crippen molar-refractivity contribution in [3.63, 3.8) is 0 Å². The zero-order valence-electron chi connectivity index (χ0n) is 22.4. The first-order chi connectivity index (χ1) is 20.4. The Balaban J connectivity index is 1.50. The van der Waals surface area contributed by atoms with Gasteiger partial charge in [0.05, 0.1) is 11.2 Å². The molecule has 41 heavy (non-hydrogen) atoms. The molecule has 0 N–H and O–H groups in total. The second-order valence-electron chi connectivity index (χ2n) is 10.9. The average molecular weight is 520 g/mol. The quantitative estimate of drug-likeness (QED) is 0.218. The summed E-state index contributed by atoms with van der Waals surface area (Å²) in [7, 11) is 0. The third-order valence-electron chi connectivity index (χ3n) is 8.78. The minimum Gasteiger partial charge on any atom is -0.311 e. The molecule has 0 fully saturated rings. The number of anilines is 3. The van der Waals surface area contributed by atoms with Crippen molar-refractivity contribution in [1.82, 2.24) is 4.57 Å². The third-order valence-corrected chi connectivity index (χ3v) is 8.78. The highest BCUT2D eigenvalue weighted by Gasteiger charge is 2.42. The highest BCUT2D eigenvalue weighted by Crippen LogP contribution is 2.46. The van der Waals surface area contributed by atoms with E-state index in [2.05, 4.69) is 161 Å². The Morgan fingerprint density at radius 2 is 1.00 bits per heavy atom. The molecular formula is C38H25BN2. The van der Waals surface area contributed by atoms with Crippen LogP contribution in [0.25, 0.3) is 39.0 Å². The van der Waals surface area contributed by atoms with Crippen LogP contribution in [-0.4, -0.2) is 11.3 Å². The van der Waals surface area contributed by atoms with Gasteiger partial charge in [-0.2, -0.15) is 0 Å². The predicted molar refractivity (Wildman–Crippen MR) is 173 cm³/mol. The highest BCUT2D eigenvalue weighted by atomic mass is 15.2.